The maximum Gasteiger partial charge on any atom is 0.235 e. The molecule has 1 aliphatic carbocycles. The van der Waals surface area contributed by atoms with E-state index in [1.165, 1.54) is 12.8 Å². The standard InChI is InChI=1S/C9H16ClNO3S/c1-14-9(7-15(10,12)13)4-5-11(6-9)8-2-3-8/h8H,2-7H2,1H3. The normalized spacial score (nSPS) is 33.5. The van der Waals surface area contributed by atoms with E-state index in [0.29, 0.717) is 12.6 Å². The summed E-state index contributed by atoms with van der Waals surface area (Å²) in [6.45, 7) is 1.62. The van der Waals surface area contributed by atoms with Gasteiger partial charge in [-0.2, -0.15) is 0 Å². The number of ether oxygens (including phenoxy) is 1. The molecule has 0 spiro atoms. The Hall–Kier alpha value is 0.160. The number of nitrogens with zero attached hydrogens (tertiary/aromatic N) is 1. The highest BCUT2D eigenvalue weighted by atomic mass is 35.7. The van der Waals surface area contributed by atoms with Gasteiger partial charge in [0.2, 0.25) is 9.05 Å². The number of hydrogen-bond acceptors (Lipinski definition) is 4. The maximum atomic E-state index is 11.1. The summed E-state index contributed by atoms with van der Waals surface area (Å²) in [5.41, 5.74) is -0.580. The molecule has 1 saturated carbocycles. The van der Waals surface area contributed by atoms with Crippen LogP contribution in [0.15, 0.2) is 0 Å². The molecule has 1 saturated heterocycles. The minimum Gasteiger partial charge on any atom is -0.376 e. The molecule has 0 aromatic carbocycles. The van der Waals surface area contributed by atoms with E-state index in [-0.39, 0.29) is 5.75 Å². The third kappa shape index (κ3) is 2.84. The van der Waals surface area contributed by atoms with Crippen molar-refractivity contribution >= 4 is 19.7 Å². The first-order valence-corrected chi connectivity index (χ1v) is 7.63. The number of methoxy groups -OCH3 is 1. The van der Waals surface area contributed by atoms with E-state index in [4.69, 9.17) is 15.4 Å². The molecule has 2 aliphatic rings. The van der Waals surface area contributed by atoms with E-state index in [0.717, 1.165) is 13.0 Å². The molecular formula is C9H16ClNO3S. The average molecular weight is 254 g/mol. The van der Waals surface area contributed by atoms with E-state index >= 15 is 0 Å². The molecule has 4 nitrogen and oxygen atoms in total. The molecule has 0 amide bonds. The van der Waals surface area contributed by atoms with Crippen molar-refractivity contribution in [1.29, 1.82) is 0 Å². The molecule has 0 bridgehead atoms. The Morgan fingerprint density at radius 3 is 2.67 bits per heavy atom. The summed E-state index contributed by atoms with van der Waals surface area (Å²) in [5, 5.41) is 0. The number of hydrogen-bond donors (Lipinski definition) is 0. The van der Waals surface area contributed by atoms with Gasteiger partial charge in [-0.15, -0.1) is 0 Å². The summed E-state index contributed by atoms with van der Waals surface area (Å²) >= 11 is 0. The molecular weight excluding hydrogens is 238 g/mol. The Morgan fingerprint density at radius 1 is 1.53 bits per heavy atom. The Kier molecular flexibility index (Phi) is 3.01. The molecule has 6 heteroatoms. The largest absolute Gasteiger partial charge is 0.376 e. The SMILES string of the molecule is COC1(CS(=O)(=O)Cl)CCN(C2CC2)C1. The smallest absolute Gasteiger partial charge is 0.235 e. The van der Waals surface area contributed by atoms with Crippen LogP contribution in [0.5, 0.6) is 0 Å². The van der Waals surface area contributed by atoms with Crippen molar-refractivity contribution in [2.45, 2.75) is 30.9 Å². The molecule has 0 aromatic heterocycles. The number of likely N-dealkylation sites (tertiary alicyclic amines) is 1. The highest BCUT2D eigenvalue weighted by Crippen LogP contribution is 2.35. The first-order chi connectivity index (χ1) is 6.94. The van der Waals surface area contributed by atoms with Gasteiger partial charge in [0.05, 0.1) is 11.4 Å². The first-order valence-electron chi connectivity index (χ1n) is 5.16. The monoisotopic (exact) mass is 253 g/mol. The molecule has 2 rings (SSSR count). The summed E-state index contributed by atoms with van der Waals surface area (Å²) in [5.74, 6) is -0.0821. The zero-order chi connectivity index (χ0) is 11.1. The molecule has 0 aromatic rings. The lowest BCUT2D eigenvalue weighted by atomic mass is 10.1. The van der Waals surface area contributed by atoms with Crippen LogP contribution in [0, 0.1) is 0 Å². The van der Waals surface area contributed by atoms with Gasteiger partial charge in [-0.05, 0) is 19.3 Å². The molecule has 88 valence electrons. The fourth-order valence-corrected chi connectivity index (χ4v) is 3.86. The number of rotatable bonds is 4. The predicted octanol–water partition coefficient (Wildman–Crippen LogP) is 0.808. The summed E-state index contributed by atoms with van der Waals surface area (Å²) in [7, 11) is 3.38. The zero-order valence-corrected chi connectivity index (χ0v) is 10.4. The lowest BCUT2D eigenvalue weighted by molar-refractivity contribution is 0.0174. The van der Waals surface area contributed by atoms with Crippen LogP contribution in [-0.4, -0.2) is 50.9 Å². The lowest BCUT2D eigenvalue weighted by Crippen LogP contribution is -2.41. The Bertz CT molecular complexity index is 341. The average Bonchev–Trinajstić information content (AvgIpc) is 2.88. The number of halogens is 1. The maximum absolute atomic E-state index is 11.1. The highest BCUT2D eigenvalue weighted by Gasteiger charge is 2.45. The van der Waals surface area contributed by atoms with E-state index in [2.05, 4.69) is 4.90 Å². The predicted molar refractivity (Wildman–Crippen MR) is 58.6 cm³/mol. The van der Waals surface area contributed by atoms with Crippen LogP contribution in [0.25, 0.3) is 0 Å². The second kappa shape index (κ2) is 3.87. The minimum absolute atomic E-state index is 0.0821. The van der Waals surface area contributed by atoms with E-state index in [1.807, 2.05) is 0 Å². The van der Waals surface area contributed by atoms with Crippen molar-refractivity contribution in [2.24, 2.45) is 0 Å². The first kappa shape index (κ1) is 11.6. The quantitative estimate of drug-likeness (QED) is 0.696. The van der Waals surface area contributed by atoms with Crippen LogP contribution in [0.3, 0.4) is 0 Å². The van der Waals surface area contributed by atoms with E-state index in [9.17, 15) is 8.42 Å². The Morgan fingerprint density at radius 2 is 2.20 bits per heavy atom. The molecule has 1 aliphatic heterocycles. The fraction of sp³-hybridized carbons (Fsp3) is 1.00. The molecule has 0 radical (unpaired) electrons. The van der Waals surface area contributed by atoms with Crippen LogP contribution in [0.2, 0.25) is 0 Å². The van der Waals surface area contributed by atoms with E-state index < -0.39 is 14.7 Å². The Balaban J connectivity index is 2.03. The van der Waals surface area contributed by atoms with Gasteiger partial charge in [-0.1, -0.05) is 0 Å². The van der Waals surface area contributed by atoms with Gasteiger partial charge >= 0.3 is 0 Å². The van der Waals surface area contributed by atoms with Gasteiger partial charge in [0, 0.05) is 36.9 Å². The van der Waals surface area contributed by atoms with Gasteiger partial charge < -0.3 is 4.74 Å². The summed E-state index contributed by atoms with van der Waals surface area (Å²) in [6.07, 6.45) is 3.22. The third-order valence-corrected chi connectivity index (χ3v) is 4.48. The molecule has 15 heavy (non-hydrogen) atoms. The van der Waals surface area contributed by atoms with Gasteiger partial charge in [-0.25, -0.2) is 8.42 Å². The minimum atomic E-state index is -3.49. The van der Waals surface area contributed by atoms with Crippen LogP contribution >= 0.6 is 10.7 Å². The second-order valence-corrected chi connectivity index (χ2v) is 7.30. The van der Waals surface area contributed by atoms with Crippen LogP contribution in [0.1, 0.15) is 19.3 Å². The van der Waals surface area contributed by atoms with Gasteiger partial charge in [0.15, 0.2) is 0 Å². The van der Waals surface area contributed by atoms with Crippen LogP contribution in [-0.2, 0) is 13.8 Å². The summed E-state index contributed by atoms with van der Waals surface area (Å²) in [4.78, 5) is 2.31. The van der Waals surface area contributed by atoms with Gasteiger partial charge in [0.25, 0.3) is 0 Å². The van der Waals surface area contributed by atoms with Crippen molar-refractivity contribution in [2.75, 3.05) is 26.0 Å². The van der Waals surface area contributed by atoms with Crippen LogP contribution in [0.4, 0.5) is 0 Å². The third-order valence-electron chi connectivity index (χ3n) is 3.28. The van der Waals surface area contributed by atoms with Crippen molar-refractivity contribution in [3.63, 3.8) is 0 Å². The molecule has 0 N–H and O–H groups in total. The molecule has 1 unspecified atom stereocenters. The van der Waals surface area contributed by atoms with Crippen LogP contribution < -0.4 is 0 Å². The van der Waals surface area contributed by atoms with Crippen molar-refractivity contribution in [1.82, 2.24) is 4.90 Å². The van der Waals surface area contributed by atoms with Gasteiger partial charge in [-0.3, -0.25) is 4.90 Å². The summed E-state index contributed by atoms with van der Waals surface area (Å²) < 4.78 is 27.6. The topological polar surface area (TPSA) is 46.6 Å². The zero-order valence-electron chi connectivity index (χ0n) is 8.78. The second-order valence-electron chi connectivity index (χ2n) is 4.52. The Labute approximate surface area is 95.0 Å². The molecule has 2 fully saturated rings. The van der Waals surface area contributed by atoms with E-state index in [1.54, 1.807) is 7.11 Å². The molecule has 1 atom stereocenters. The van der Waals surface area contributed by atoms with Crippen molar-refractivity contribution in [3.05, 3.63) is 0 Å². The van der Waals surface area contributed by atoms with Crippen molar-refractivity contribution < 1.29 is 13.2 Å². The van der Waals surface area contributed by atoms with Gasteiger partial charge in [0.1, 0.15) is 0 Å². The molecule has 1 heterocycles. The van der Waals surface area contributed by atoms with Crippen molar-refractivity contribution in [3.8, 4) is 0 Å². The summed E-state index contributed by atoms with van der Waals surface area (Å²) in [6, 6.07) is 0.653. The highest BCUT2D eigenvalue weighted by molar-refractivity contribution is 8.13. The lowest BCUT2D eigenvalue weighted by Gasteiger charge is -2.26. The fourth-order valence-electron chi connectivity index (χ4n) is 2.28.